The lowest BCUT2D eigenvalue weighted by molar-refractivity contribution is -0.143. The van der Waals surface area contributed by atoms with E-state index in [4.69, 9.17) is 5.73 Å². The molecular formula is C9H17N3O4. The van der Waals surface area contributed by atoms with Crippen molar-refractivity contribution >= 4 is 17.8 Å². The van der Waals surface area contributed by atoms with E-state index in [1.165, 1.54) is 20.8 Å². The normalized spacial score (nSPS) is 13.5. The SMILES string of the molecule is CC(=O)OCNC(=O)[C@@H](C)NC(=O)[C@H](C)N. The minimum absolute atomic E-state index is 0.216. The van der Waals surface area contributed by atoms with Crippen LogP contribution >= 0.6 is 0 Å². The molecule has 0 radical (unpaired) electrons. The predicted molar refractivity (Wildman–Crippen MR) is 56.0 cm³/mol. The average Bonchev–Trinajstić information content (AvgIpc) is 2.16. The van der Waals surface area contributed by atoms with Crippen molar-refractivity contribution in [2.75, 3.05) is 6.73 Å². The molecule has 0 aromatic carbocycles. The Balaban J connectivity index is 3.90. The molecule has 0 fully saturated rings. The smallest absolute Gasteiger partial charge is 0.304 e. The van der Waals surface area contributed by atoms with Crippen LogP contribution in [0.1, 0.15) is 20.8 Å². The molecule has 0 spiro atoms. The van der Waals surface area contributed by atoms with E-state index in [-0.39, 0.29) is 6.73 Å². The second-order valence-electron chi connectivity index (χ2n) is 3.34. The second kappa shape index (κ2) is 6.78. The van der Waals surface area contributed by atoms with Crippen molar-refractivity contribution in [1.82, 2.24) is 10.6 Å². The standard InChI is InChI=1S/C9H17N3O4/c1-5(10)8(14)12-6(2)9(15)11-4-16-7(3)13/h5-6H,4,10H2,1-3H3,(H,11,15)(H,12,14)/t5-,6+/m0/s1. The Labute approximate surface area is 93.7 Å². The summed E-state index contributed by atoms with van der Waals surface area (Å²) in [5.74, 6) is -1.36. The van der Waals surface area contributed by atoms with Crippen LogP contribution in [0.3, 0.4) is 0 Å². The molecule has 0 aromatic rings. The van der Waals surface area contributed by atoms with Gasteiger partial charge >= 0.3 is 5.97 Å². The highest BCUT2D eigenvalue weighted by Gasteiger charge is 2.17. The zero-order chi connectivity index (χ0) is 12.7. The van der Waals surface area contributed by atoms with Crippen LogP contribution in [-0.2, 0) is 19.1 Å². The van der Waals surface area contributed by atoms with Gasteiger partial charge in [-0.15, -0.1) is 0 Å². The summed E-state index contributed by atoms with van der Waals surface area (Å²) >= 11 is 0. The monoisotopic (exact) mass is 231 g/mol. The molecule has 2 atom stereocenters. The summed E-state index contributed by atoms with van der Waals surface area (Å²) < 4.78 is 4.51. The summed E-state index contributed by atoms with van der Waals surface area (Å²) in [5, 5.41) is 4.72. The highest BCUT2D eigenvalue weighted by molar-refractivity contribution is 5.89. The number of rotatable bonds is 5. The van der Waals surface area contributed by atoms with Crippen LogP contribution in [0.25, 0.3) is 0 Å². The van der Waals surface area contributed by atoms with Crippen LogP contribution in [0.5, 0.6) is 0 Å². The minimum Gasteiger partial charge on any atom is -0.445 e. The van der Waals surface area contributed by atoms with E-state index in [0.29, 0.717) is 0 Å². The first-order valence-corrected chi connectivity index (χ1v) is 4.81. The summed E-state index contributed by atoms with van der Waals surface area (Å²) in [6, 6.07) is -1.40. The van der Waals surface area contributed by atoms with E-state index in [1.54, 1.807) is 0 Å². The summed E-state index contributed by atoms with van der Waals surface area (Å²) in [6.07, 6.45) is 0. The van der Waals surface area contributed by atoms with E-state index in [9.17, 15) is 14.4 Å². The van der Waals surface area contributed by atoms with E-state index in [2.05, 4.69) is 15.4 Å². The van der Waals surface area contributed by atoms with Crippen molar-refractivity contribution in [3.8, 4) is 0 Å². The first-order valence-electron chi connectivity index (χ1n) is 4.81. The Bertz CT molecular complexity index is 278. The van der Waals surface area contributed by atoms with Gasteiger partial charge in [0.15, 0.2) is 6.73 Å². The molecule has 0 heterocycles. The number of esters is 1. The van der Waals surface area contributed by atoms with Crippen LogP contribution in [0.2, 0.25) is 0 Å². The van der Waals surface area contributed by atoms with Gasteiger partial charge in [-0.2, -0.15) is 0 Å². The van der Waals surface area contributed by atoms with Crippen LogP contribution < -0.4 is 16.4 Å². The molecule has 92 valence electrons. The number of carbonyl (C=O) groups is 3. The van der Waals surface area contributed by atoms with Crippen molar-refractivity contribution in [3.05, 3.63) is 0 Å². The van der Waals surface area contributed by atoms with Crippen LogP contribution in [0.15, 0.2) is 0 Å². The summed E-state index contributed by atoms with van der Waals surface area (Å²) in [5.41, 5.74) is 5.31. The molecule has 0 saturated heterocycles. The van der Waals surface area contributed by atoms with Crippen LogP contribution in [0, 0.1) is 0 Å². The number of nitrogens with one attached hydrogen (secondary N) is 2. The summed E-state index contributed by atoms with van der Waals surface area (Å²) in [6.45, 7) is 4.03. The van der Waals surface area contributed by atoms with E-state index in [1.807, 2.05) is 0 Å². The van der Waals surface area contributed by atoms with Gasteiger partial charge in [0, 0.05) is 6.92 Å². The quantitative estimate of drug-likeness (QED) is 0.393. The third-order valence-corrected chi connectivity index (χ3v) is 1.69. The molecule has 0 aliphatic rings. The molecule has 0 saturated carbocycles. The number of hydrogen-bond donors (Lipinski definition) is 3. The van der Waals surface area contributed by atoms with Gasteiger partial charge in [-0.05, 0) is 13.8 Å². The van der Waals surface area contributed by atoms with Gasteiger partial charge in [0.2, 0.25) is 11.8 Å². The topological polar surface area (TPSA) is 111 Å². The molecule has 0 rings (SSSR count). The molecule has 0 bridgehead atoms. The zero-order valence-electron chi connectivity index (χ0n) is 9.57. The molecule has 7 nitrogen and oxygen atoms in total. The Morgan fingerprint density at radius 3 is 2.25 bits per heavy atom. The van der Waals surface area contributed by atoms with Gasteiger partial charge in [-0.3, -0.25) is 14.4 Å². The summed E-state index contributed by atoms with van der Waals surface area (Å²) in [7, 11) is 0. The second-order valence-corrected chi connectivity index (χ2v) is 3.34. The molecular weight excluding hydrogens is 214 g/mol. The van der Waals surface area contributed by atoms with Gasteiger partial charge in [-0.25, -0.2) is 0 Å². The Hall–Kier alpha value is -1.63. The molecule has 2 amide bonds. The number of ether oxygens (including phenoxy) is 1. The van der Waals surface area contributed by atoms with E-state index < -0.39 is 29.9 Å². The molecule has 0 unspecified atom stereocenters. The Kier molecular flexibility index (Phi) is 6.09. The number of amides is 2. The van der Waals surface area contributed by atoms with E-state index >= 15 is 0 Å². The zero-order valence-corrected chi connectivity index (χ0v) is 9.57. The Morgan fingerprint density at radius 2 is 1.81 bits per heavy atom. The fourth-order valence-corrected chi connectivity index (χ4v) is 0.772. The Morgan fingerprint density at radius 1 is 1.25 bits per heavy atom. The van der Waals surface area contributed by atoms with Crippen LogP contribution in [0.4, 0.5) is 0 Å². The average molecular weight is 231 g/mol. The van der Waals surface area contributed by atoms with Gasteiger partial charge in [-0.1, -0.05) is 0 Å². The third kappa shape index (κ3) is 5.97. The van der Waals surface area contributed by atoms with Gasteiger partial charge in [0.1, 0.15) is 6.04 Å². The lowest BCUT2D eigenvalue weighted by Gasteiger charge is -2.15. The lowest BCUT2D eigenvalue weighted by Crippen LogP contribution is -2.49. The third-order valence-electron chi connectivity index (χ3n) is 1.69. The lowest BCUT2D eigenvalue weighted by atomic mass is 10.2. The molecule has 0 aromatic heterocycles. The first kappa shape index (κ1) is 14.4. The van der Waals surface area contributed by atoms with Crippen molar-refractivity contribution in [2.45, 2.75) is 32.9 Å². The van der Waals surface area contributed by atoms with Crippen molar-refractivity contribution < 1.29 is 19.1 Å². The molecule has 0 aliphatic carbocycles. The van der Waals surface area contributed by atoms with Crippen molar-refractivity contribution in [3.63, 3.8) is 0 Å². The largest absolute Gasteiger partial charge is 0.445 e. The predicted octanol–water partition coefficient (Wildman–Crippen LogP) is -1.52. The fourth-order valence-electron chi connectivity index (χ4n) is 0.772. The van der Waals surface area contributed by atoms with Crippen molar-refractivity contribution in [1.29, 1.82) is 0 Å². The van der Waals surface area contributed by atoms with Gasteiger partial charge < -0.3 is 21.1 Å². The summed E-state index contributed by atoms with van der Waals surface area (Å²) in [4.78, 5) is 32.9. The maximum atomic E-state index is 11.3. The minimum atomic E-state index is -0.728. The maximum absolute atomic E-state index is 11.3. The molecule has 7 heteroatoms. The number of hydrogen-bond acceptors (Lipinski definition) is 5. The highest BCUT2D eigenvalue weighted by Crippen LogP contribution is 1.85. The maximum Gasteiger partial charge on any atom is 0.304 e. The van der Waals surface area contributed by atoms with Gasteiger partial charge in [0.05, 0.1) is 6.04 Å². The fraction of sp³-hybridized carbons (Fsp3) is 0.667. The number of carbonyl (C=O) groups excluding carboxylic acids is 3. The first-order chi connectivity index (χ1) is 7.34. The van der Waals surface area contributed by atoms with Crippen molar-refractivity contribution in [2.24, 2.45) is 5.73 Å². The molecule has 0 aliphatic heterocycles. The molecule has 16 heavy (non-hydrogen) atoms. The highest BCUT2D eigenvalue weighted by atomic mass is 16.5. The van der Waals surface area contributed by atoms with Gasteiger partial charge in [0.25, 0.3) is 0 Å². The van der Waals surface area contributed by atoms with Crippen LogP contribution in [-0.4, -0.2) is 36.6 Å². The van der Waals surface area contributed by atoms with E-state index in [0.717, 1.165) is 0 Å². The number of nitrogens with two attached hydrogens (primary N) is 1. The molecule has 4 N–H and O–H groups in total.